The van der Waals surface area contributed by atoms with E-state index in [2.05, 4.69) is 0 Å². The first-order chi connectivity index (χ1) is 6.91. The average Bonchev–Trinajstić information content (AvgIpc) is 2.13. The smallest absolute Gasteiger partial charge is 0.246 e. The third-order valence-electron chi connectivity index (χ3n) is 2.25. The molecule has 1 aromatic rings. The van der Waals surface area contributed by atoms with Gasteiger partial charge in [0, 0.05) is 11.4 Å². The van der Waals surface area contributed by atoms with Crippen LogP contribution in [-0.4, -0.2) is 17.1 Å². The summed E-state index contributed by atoms with van der Waals surface area (Å²) in [6.45, 7) is 3.77. The minimum atomic E-state index is -1.13. The van der Waals surface area contributed by atoms with Crippen molar-refractivity contribution in [1.82, 2.24) is 0 Å². The van der Waals surface area contributed by atoms with E-state index >= 15 is 0 Å². The van der Waals surface area contributed by atoms with Gasteiger partial charge < -0.3 is 10.8 Å². The fourth-order valence-corrected chi connectivity index (χ4v) is 1.59. The second-order valence-corrected chi connectivity index (χ2v) is 4.04. The van der Waals surface area contributed by atoms with Crippen molar-refractivity contribution < 1.29 is 9.90 Å². The Morgan fingerprint density at radius 3 is 2.33 bits per heavy atom. The molecule has 0 saturated carbocycles. The summed E-state index contributed by atoms with van der Waals surface area (Å²) in [4.78, 5) is 10.7. The maximum atomic E-state index is 10.7. The van der Waals surface area contributed by atoms with Crippen LogP contribution in [0.25, 0.3) is 0 Å². The zero-order chi connectivity index (χ0) is 11.6. The van der Waals surface area contributed by atoms with E-state index < -0.39 is 12.0 Å². The summed E-state index contributed by atoms with van der Waals surface area (Å²) in [5.74, 6) is -0.708. The summed E-state index contributed by atoms with van der Waals surface area (Å²) >= 11 is 5.99. The number of nitrogens with two attached hydrogens (primary N) is 1. The SMILES string of the molecule is Cc1cc(C[C@@H](O)C(N)=O)cc(C)c1Cl. The highest BCUT2D eigenvalue weighted by molar-refractivity contribution is 6.32. The molecule has 4 heteroatoms. The quantitative estimate of drug-likeness (QED) is 0.819. The van der Waals surface area contributed by atoms with Crippen LogP contribution in [0.2, 0.25) is 5.02 Å². The van der Waals surface area contributed by atoms with Gasteiger partial charge in [-0.3, -0.25) is 4.79 Å². The van der Waals surface area contributed by atoms with Gasteiger partial charge in [0.15, 0.2) is 0 Å². The fraction of sp³-hybridized carbons (Fsp3) is 0.364. The van der Waals surface area contributed by atoms with Crippen LogP contribution in [0.15, 0.2) is 12.1 Å². The zero-order valence-electron chi connectivity index (χ0n) is 8.75. The van der Waals surface area contributed by atoms with Crippen LogP contribution in [-0.2, 0) is 11.2 Å². The Kier molecular flexibility index (Phi) is 3.72. The van der Waals surface area contributed by atoms with Gasteiger partial charge in [0.2, 0.25) is 5.91 Å². The highest BCUT2D eigenvalue weighted by atomic mass is 35.5. The van der Waals surface area contributed by atoms with Crippen molar-refractivity contribution in [2.24, 2.45) is 5.73 Å². The Morgan fingerprint density at radius 1 is 1.47 bits per heavy atom. The van der Waals surface area contributed by atoms with Gasteiger partial charge in [-0.2, -0.15) is 0 Å². The second-order valence-electron chi connectivity index (χ2n) is 3.67. The van der Waals surface area contributed by atoms with Gasteiger partial charge in [-0.15, -0.1) is 0 Å². The number of benzene rings is 1. The van der Waals surface area contributed by atoms with Crippen LogP contribution in [0.5, 0.6) is 0 Å². The van der Waals surface area contributed by atoms with Crippen LogP contribution in [0, 0.1) is 13.8 Å². The molecule has 0 fully saturated rings. The van der Waals surface area contributed by atoms with E-state index in [1.165, 1.54) is 0 Å². The largest absolute Gasteiger partial charge is 0.383 e. The second kappa shape index (κ2) is 4.64. The molecule has 1 aromatic carbocycles. The third kappa shape index (κ3) is 2.94. The molecule has 0 aliphatic carbocycles. The molecule has 0 radical (unpaired) electrons. The van der Waals surface area contributed by atoms with E-state index in [4.69, 9.17) is 17.3 Å². The van der Waals surface area contributed by atoms with Gasteiger partial charge in [0.05, 0.1) is 0 Å². The Labute approximate surface area is 93.9 Å². The van der Waals surface area contributed by atoms with Crippen molar-refractivity contribution in [3.05, 3.63) is 33.8 Å². The minimum absolute atomic E-state index is 0.230. The van der Waals surface area contributed by atoms with Crippen molar-refractivity contribution in [3.8, 4) is 0 Å². The Balaban J connectivity index is 2.92. The Hall–Kier alpha value is -1.06. The van der Waals surface area contributed by atoms with Gasteiger partial charge in [-0.25, -0.2) is 0 Å². The predicted octanol–water partition coefficient (Wildman–Crippen LogP) is 1.35. The normalized spacial score (nSPS) is 12.5. The van der Waals surface area contributed by atoms with E-state index in [0.717, 1.165) is 16.7 Å². The van der Waals surface area contributed by atoms with Crippen molar-refractivity contribution >= 4 is 17.5 Å². The Morgan fingerprint density at radius 2 is 1.93 bits per heavy atom. The number of carbonyl (C=O) groups is 1. The minimum Gasteiger partial charge on any atom is -0.383 e. The molecule has 0 aromatic heterocycles. The topological polar surface area (TPSA) is 63.3 Å². The summed E-state index contributed by atoms with van der Waals surface area (Å²) in [5.41, 5.74) is 7.70. The maximum Gasteiger partial charge on any atom is 0.246 e. The number of aliphatic hydroxyl groups excluding tert-OH is 1. The van der Waals surface area contributed by atoms with Crippen LogP contribution >= 0.6 is 11.6 Å². The molecule has 1 atom stereocenters. The molecule has 0 spiro atoms. The maximum absolute atomic E-state index is 10.7. The number of hydrogen-bond acceptors (Lipinski definition) is 2. The highest BCUT2D eigenvalue weighted by Gasteiger charge is 2.12. The number of amides is 1. The number of carbonyl (C=O) groups excluding carboxylic acids is 1. The molecule has 0 bridgehead atoms. The molecule has 1 rings (SSSR count). The van der Waals surface area contributed by atoms with Crippen molar-refractivity contribution in [2.45, 2.75) is 26.4 Å². The number of aliphatic hydroxyl groups is 1. The predicted molar refractivity (Wildman–Crippen MR) is 59.8 cm³/mol. The first-order valence-electron chi connectivity index (χ1n) is 4.65. The number of halogens is 1. The van der Waals surface area contributed by atoms with E-state index in [-0.39, 0.29) is 6.42 Å². The first-order valence-corrected chi connectivity index (χ1v) is 5.02. The summed E-state index contributed by atoms with van der Waals surface area (Å²) in [6.07, 6.45) is -0.904. The van der Waals surface area contributed by atoms with Crippen molar-refractivity contribution in [3.63, 3.8) is 0 Å². The molecule has 0 heterocycles. The van der Waals surface area contributed by atoms with Gasteiger partial charge in [-0.1, -0.05) is 23.7 Å². The monoisotopic (exact) mass is 227 g/mol. The molecular weight excluding hydrogens is 214 g/mol. The molecule has 1 amide bonds. The molecule has 0 saturated heterocycles. The average molecular weight is 228 g/mol. The fourth-order valence-electron chi connectivity index (χ4n) is 1.48. The summed E-state index contributed by atoms with van der Waals surface area (Å²) in [5, 5.41) is 10.0. The van der Waals surface area contributed by atoms with E-state index in [9.17, 15) is 9.90 Å². The highest BCUT2D eigenvalue weighted by Crippen LogP contribution is 2.22. The molecule has 82 valence electrons. The Bertz CT molecular complexity index is 367. The number of primary amides is 1. The lowest BCUT2D eigenvalue weighted by Gasteiger charge is -2.10. The molecule has 3 nitrogen and oxygen atoms in total. The van der Waals surface area contributed by atoms with E-state index in [0.29, 0.717) is 5.02 Å². The summed E-state index contributed by atoms with van der Waals surface area (Å²) < 4.78 is 0. The third-order valence-corrected chi connectivity index (χ3v) is 2.85. The molecule has 0 aliphatic heterocycles. The van der Waals surface area contributed by atoms with Crippen LogP contribution < -0.4 is 5.73 Å². The lowest BCUT2D eigenvalue weighted by atomic mass is 10.0. The summed E-state index contributed by atoms with van der Waals surface area (Å²) in [7, 11) is 0. The van der Waals surface area contributed by atoms with Crippen molar-refractivity contribution in [1.29, 1.82) is 0 Å². The lowest BCUT2D eigenvalue weighted by molar-refractivity contribution is -0.125. The molecular formula is C11H14ClNO2. The van der Waals surface area contributed by atoms with Gasteiger partial charge in [-0.05, 0) is 30.5 Å². The molecule has 0 unspecified atom stereocenters. The van der Waals surface area contributed by atoms with Crippen LogP contribution in [0.1, 0.15) is 16.7 Å². The van der Waals surface area contributed by atoms with E-state index in [1.54, 1.807) is 0 Å². The van der Waals surface area contributed by atoms with Gasteiger partial charge >= 0.3 is 0 Å². The van der Waals surface area contributed by atoms with Crippen LogP contribution in [0.4, 0.5) is 0 Å². The van der Waals surface area contributed by atoms with Crippen molar-refractivity contribution in [2.75, 3.05) is 0 Å². The standard InChI is InChI=1S/C11H14ClNO2/c1-6-3-8(4-7(2)10(6)12)5-9(14)11(13)15/h3-4,9,14H,5H2,1-2H3,(H2,13,15)/t9-/m1/s1. The van der Waals surface area contributed by atoms with Crippen LogP contribution in [0.3, 0.4) is 0 Å². The van der Waals surface area contributed by atoms with E-state index in [1.807, 2.05) is 26.0 Å². The number of hydrogen-bond donors (Lipinski definition) is 2. The number of rotatable bonds is 3. The number of aryl methyl sites for hydroxylation is 2. The molecule has 15 heavy (non-hydrogen) atoms. The summed E-state index contributed by atoms with van der Waals surface area (Å²) in [6, 6.07) is 3.70. The zero-order valence-corrected chi connectivity index (χ0v) is 9.51. The first kappa shape index (κ1) is 12.0. The lowest BCUT2D eigenvalue weighted by Crippen LogP contribution is -2.30. The molecule has 0 aliphatic rings. The van der Waals surface area contributed by atoms with Gasteiger partial charge in [0.1, 0.15) is 6.10 Å². The molecule has 3 N–H and O–H groups in total. The van der Waals surface area contributed by atoms with Gasteiger partial charge in [0.25, 0.3) is 0 Å².